The van der Waals surface area contributed by atoms with Gasteiger partial charge < -0.3 is 5.32 Å². The first-order valence-electron chi connectivity index (χ1n) is 4.82. The van der Waals surface area contributed by atoms with Crippen molar-refractivity contribution in [2.24, 2.45) is 0 Å². The Hall–Kier alpha value is -0.880. The van der Waals surface area contributed by atoms with Gasteiger partial charge in [-0.1, -0.05) is 6.08 Å². The summed E-state index contributed by atoms with van der Waals surface area (Å²) >= 11 is 0. The Kier molecular flexibility index (Phi) is 3.87. The number of carbonyl (C=O) groups is 1. The highest BCUT2D eigenvalue weighted by molar-refractivity contribution is 7.88. The normalized spacial score (nSPS) is 22.6. The fourth-order valence-corrected chi connectivity index (χ4v) is 2.81. The fraction of sp³-hybridized carbons (Fsp3) is 0.667. The molecular weight excluding hydrogens is 216 g/mol. The van der Waals surface area contributed by atoms with E-state index in [1.54, 1.807) is 6.08 Å². The SMILES string of the molecule is C=CCNC(=O)C1CCCN1S(C)(=O)=O. The Morgan fingerprint density at radius 2 is 2.33 bits per heavy atom. The van der Waals surface area contributed by atoms with Gasteiger partial charge in [-0.3, -0.25) is 4.79 Å². The predicted molar refractivity (Wildman–Crippen MR) is 57.8 cm³/mol. The first kappa shape index (κ1) is 12.2. The van der Waals surface area contributed by atoms with E-state index < -0.39 is 16.1 Å². The summed E-state index contributed by atoms with van der Waals surface area (Å²) < 4.78 is 24.0. The van der Waals surface area contributed by atoms with Crippen LogP contribution in [-0.2, 0) is 14.8 Å². The van der Waals surface area contributed by atoms with Crippen LogP contribution in [0, 0.1) is 0 Å². The Labute approximate surface area is 90.2 Å². The molecule has 0 aliphatic carbocycles. The zero-order valence-electron chi connectivity index (χ0n) is 8.77. The maximum absolute atomic E-state index is 11.6. The first-order chi connectivity index (χ1) is 6.96. The molecule has 0 aromatic heterocycles. The van der Waals surface area contributed by atoms with Gasteiger partial charge in [-0.2, -0.15) is 4.31 Å². The lowest BCUT2D eigenvalue weighted by molar-refractivity contribution is -0.123. The minimum atomic E-state index is -3.28. The monoisotopic (exact) mass is 232 g/mol. The van der Waals surface area contributed by atoms with E-state index in [0.29, 0.717) is 19.5 Å². The molecule has 6 heteroatoms. The highest BCUT2D eigenvalue weighted by Crippen LogP contribution is 2.20. The Morgan fingerprint density at radius 1 is 1.67 bits per heavy atom. The van der Waals surface area contributed by atoms with Crippen LogP contribution in [0.2, 0.25) is 0 Å². The lowest BCUT2D eigenvalue weighted by Crippen LogP contribution is -2.45. The zero-order chi connectivity index (χ0) is 11.5. The maximum Gasteiger partial charge on any atom is 0.238 e. The standard InChI is InChI=1S/C9H16N2O3S/c1-3-6-10-9(12)8-5-4-7-11(8)15(2,13)14/h3,8H,1,4-7H2,2H3,(H,10,12). The van der Waals surface area contributed by atoms with Gasteiger partial charge in [0.25, 0.3) is 0 Å². The van der Waals surface area contributed by atoms with Gasteiger partial charge in [0.2, 0.25) is 15.9 Å². The van der Waals surface area contributed by atoms with Crippen LogP contribution in [0.5, 0.6) is 0 Å². The minimum absolute atomic E-state index is 0.238. The van der Waals surface area contributed by atoms with E-state index in [2.05, 4.69) is 11.9 Å². The van der Waals surface area contributed by atoms with Crippen molar-refractivity contribution >= 4 is 15.9 Å². The molecule has 1 fully saturated rings. The molecule has 5 nitrogen and oxygen atoms in total. The van der Waals surface area contributed by atoms with E-state index in [0.717, 1.165) is 12.7 Å². The third-order valence-electron chi connectivity index (χ3n) is 2.35. The summed E-state index contributed by atoms with van der Waals surface area (Å²) in [6.45, 7) is 4.28. The highest BCUT2D eigenvalue weighted by Gasteiger charge is 2.35. The molecule has 1 aliphatic rings. The average Bonchev–Trinajstić information content (AvgIpc) is 2.61. The lowest BCUT2D eigenvalue weighted by Gasteiger charge is -2.20. The molecule has 0 aromatic rings. The second-order valence-corrected chi connectivity index (χ2v) is 5.50. The highest BCUT2D eigenvalue weighted by atomic mass is 32.2. The van der Waals surface area contributed by atoms with Crippen LogP contribution in [0.15, 0.2) is 12.7 Å². The molecule has 86 valence electrons. The van der Waals surface area contributed by atoms with E-state index in [1.807, 2.05) is 0 Å². The molecule has 1 aliphatic heterocycles. The van der Waals surface area contributed by atoms with Gasteiger partial charge in [-0.25, -0.2) is 8.42 Å². The second-order valence-electron chi connectivity index (χ2n) is 3.57. The van der Waals surface area contributed by atoms with Gasteiger partial charge in [0.15, 0.2) is 0 Å². The number of nitrogens with zero attached hydrogens (tertiary/aromatic N) is 1. The lowest BCUT2D eigenvalue weighted by atomic mass is 10.2. The predicted octanol–water partition coefficient (Wildman–Crippen LogP) is -0.287. The number of carbonyl (C=O) groups excluding carboxylic acids is 1. The van der Waals surface area contributed by atoms with Gasteiger partial charge in [0.1, 0.15) is 6.04 Å². The smallest absolute Gasteiger partial charge is 0.238 e. The number of nitrogens with one attached hydrogen (secondary N) is 1. The average molecular weight is 232 g/mol. The second kappa shape index (κ2) is 4.76. The first-order valence-corrected chi connectivity index (χ1v) is 6.67. The van der Waals surface area contributed by atoms with E-state index in [9.17, 15) is 13.2 Å². The molecule has 0 aromatic carbocycles. The third kappa shape index (κ3) is 3.04. The molecule has 1 heterocycles. The zero-order valence-corrected chi connectivity index (χ0v) is 9.59. The number of rotatable bonds is 4. The van der Waals surface area contributed by atoms with Gasteiger partial charge in [0, 0.05) is 13.1 Å². The molecule has 0 bridgehead atoms. The van der Waals surface area contributed by atoms with Crippen molar-refractivity contribution in [1.82, 2.24) is 9.62 Å². The van der Waals surface area contributed by atoms with E-state index in [-0.39, 0.29) is 5.91 Å². The molecule has 0 radical (unpaired) electrons. The summed E-state index contributed by atoms with van der Waals surface area (Å²) in [7, 11) is -3.28. The van der Waals surface area contributed by atoms with Crippen LogP contribution in [0.4, 0.5) is 0 Å². The molecular formula is C9H16N2O3S. The Morgan fingerprint density at radius 3 is 2.87 bits per heavy atom. The quantitative estimate of drug-likeness (QED) is 0.677. The third-order valence-corrected chi connectivity index (χ3v) is 3.64. The summed E-state index contributed by atoms with van der Waals surface area (Å²) in [5.74, 6) is -0.238. The van der Waals surface area contributed by atoms with Crippen LogP contribution in [-0.4, -0.2) is 44.0 Å². The largest absolute Gasteiger partial charge is 0.351 e. The summed E-state index contributed by atoms with van der Waals surface area (Å²) in [4.78, 5) is 11.6. The molecule has 0 saturated carbocycles. The molecule has 1 atom stereocenters. The summed E-state index contributed by atoms with van der Waals surface area (Å²) in [6, 6.07) is -0.542. The number of hydrogen-bond donors (Lipinski definition) is 1. The molecule has 1 N–H and O–H groups in total. The van der Waals surface area contributed by atoms with Gasteiger partial charge in [0.05, 0.1) is 6.26 Å². The summed E-state index contributed by atoms with van der Waals surface area (Å²) in [5, 5.41) is 2.61. The van der Waals surface area contributed by atoms with Gasteiger partial charge >= 0.3 is 0 Å². The van der Waals surface area contributed by atoms with E-state index in [1.165, 1.54) is 4.31 Å². The summed E-state index contributed by atoms with van der Waals surface area (Å²) in [5.41, 5.74) is 0. The Bertz CT molecular complexity index is 350. The topological polar surface area (TPSA) is 66.5 Å². The number of amides is 1. The van der Waals surface area contributed by atoms with Crippen molar-refractivity contribution in [3.8, 4) is 0 Å². The van der Waals surface area contributed by atoms with E-state index in [4.69, 9.17) is 0 Å². The van der Waals surface area contributed by atoms with Crippen molar-refractivity contribution in [2.45, 2.75) is 18.9 Å². The van der Waals surface area contributed by atoms with Crippen LogP contribution in [0.25, 0.3) is 0 Å². The van der Waals surface area contributed by atoms with Crippen LogP contribution < -0.4 is 5.32 Å². The molecule has 1 saturated heterocycles. The van der Waals surface area contributed by atoms with Crippen LogP contribution >= 0.6 is 0 Å². The van der Waals surface area contributed by atoms with E-state index >= 15 is 0 Å². The van der Waals surface area contributed by atoms with Crippen molar-refractivity contribution in [3.05, 3.63) is 12.7 Å². The fourth-order valence-electron chi connectivity index (χ4n) is 1.69. The Balaban J connectivity index is 2.68. The van der Waals surface area contributed by atoms with Crippen molar-refractivity contribution < 1.29 is 13.2 Å². The van der Waals surface area contributed by atoms with Crippen molar-refractivity contribution in [1.29, 1.82) is 0 Å². The molecule has 1 rings (SSSR count). The van der Waals surface area contributed by atoms with Crippen molar-refractivity contribution in [2.75, 3.05) is 19.3 Å². The number of sulfonamides is 1. The minimum Gasteiger partial charge on any atom is -0.351 e. The number of hydrogen-bond acceptors (Lipinski definition) is 3. The molecule has 15 heavy (non-hydrogen) atoms. The van der Waals surface area contributed by atoms with Gasteiger partial charge in [-0.15, -0.1) is 6.58 Å². The molecule has 1 amide bonds. The van der Waals surface area contributed by atoms with Crippen LogP contribution in [0.3, 0.4) is 0 Å². The van der Waals surface area contributed by atoms with Crippen LogP contribution in [0.1, 0.15) is 12.8 Å². The molecule has 1 unspecified atom stereocenters. The summed E-state index contributed by atoms with van der Waals surface area (Å²) in [6.07, 6.45) is 4.03. The maximum atomic E-state index is 11.6. The van der Waals surface area contributed by atoms with Gasteiger partial charge in [-0.05, 0) is 12.8 Å². The van der Waals surface area contributed by atoms with Crippen molar-refractivity contribution in [3.63, 3.8) is 0 Å². The molecule has 0 spiro atoms.